The van der Waals surface area contributed by atoms with Crippen LogP contribution in [0, 0.1) is 50.7 Å². The monoisotopic (exact) mass is 546 g/mol. The minimum atomic E-state index is -1.56. The number of carbonyl (C=O) groups is 2. The van der Waals surface area contributed by atoms with Gasteiger partial charge in [-0.2, -0.15) is 0 Å². The number of aliphatic hydroxyl groups excluding tert-OH is 1. The van der Waals surface area contributed by atoms with Crippen LogP contribution in [0.5, 0.6) is 0 Å². The topological polar surface area (TPSA) is 113 Å². The molecule has 0 aliphatic heterocycles. The summed E-state index contributed by atoms with van der Waals surface area (Å²) in [6.45, 7) is 14.7. The summed E-state index contributed by atoms with van der Waals surface area (Å²) >= 11 is 0. The lowest BCUT2D eigenvalue weighted by Gasteiger charge is -2.70. The fraction of sp³-hybridized carbons (Fsp3) is 0.875. The molecule has 11 atom stereocenters. The van der Waals surface area contributed by atoms with Crippen molar-refractivity contribution in [3.05, 3.63) is 11.6 Å². The van der Waals surface area contributed by atoms with Crippen molar-refractivity contribution in [2.45, 2.75) is 111 Å². The second kappa shape index (κ2) is 8.32. The fourth-order valence-electron chi connectivity index (χ4n) is 11.5. The van der Waals surface area contributed by atoms with Gasteiger partial charge in [-0.1, -0.05) is 53.2 Å². The summed E-state index contributed by atoms with van der Waals surface area (Å²) in [6.07, 6.45) is 5.74. The van der Waals surface area contributed by atoms with Crippen LogP contribution in [0.2, 0.25) is 0 Å². The molecule has 0 aromatic heterocycles. The molecule has 0 amide bonds. The second-order valence-electron chi connectivity index (χ2n) is 15.4. The Morgan fingerprint density at radius 3 is 2.13 bits per heavy atom. The first kappa shape index (κ1) is 29.1. The SMILES string of the molecule is COC(=O)C12CCC3(C)C(=CCC4C5(C)CC(O)(C(=O)OC)C(C)(C)C5CCC43C)C1C(C)(O)C(C)CC2O. The van der Waals surface area contributed by atoms with Crippen LogP contribution in [0.1, 0.15) is 93.4 Å². The Kier molecular flexibility index (Phi) is 6.20. The predicted molar refractivity (Wildman–Crippen MR) is 146 cm³/mol. The van der Waals surface area contributed by atoms with Crippen molar-refractivity contribution in [3.8, 4) is 0 Å². The Labute approximate surface area is 233 Å². The van der Waals surface area contributed by atoms with Crippen molar-refractivity contribution in [3.63, 3.8) is 0 Å². The molecule has 5 aliphatic carbocycles. The van der Waals surface area contributed by atoms with E-state index in [9.17, 15) is 24.9 Å². The van der Waals surface area contributed by atoms with E-state index >= 15 is 0 Å². The van der Waals surface area contributed by atoms with Gasteiger partial charge in [0.15, 0.2) is 5.60 Å². The molecule has 0 spiro atoms. The molecule has 0 aromatic rings. The molecule has 0 saturated heterocycles. The van der Waals surface area contributed by atoms with Crippen molar-refractivity contribution in [2.24, 2.45) is 50.7 Å². The van der Waals surface area contributed by atoms with Crippen LogP contribution in [-0.2, 0) is 19.1 Å². The van der Waals surface area contributed by atoms with Crippen molar-refractivity contribution in [1.29, 1.82) is 0 Å². The van der Waals surface area contributed by atoms with Crippen molar-refractivity contribution >= 4 is 11.9 Å². The molecule has 11 unspecified atom stereocenters. The van der Waals surface area contributed by atoms with Gasteiger partial charge in [-0.05, 0) is 85.9 Å². The highest BCUT2D eigenvalue weighted by Crippen LogP contribution is 2.78. The first-order chi connectivity index (χ1) is 17.9. The van der Waals surface area contributed by atoms with Crippen LogP contribution in [0.4, 0.5) is 0 Å². The van der Waals surface area contributed by atoms with E-state index in [0.29, 0.717) is 25.7 Å². The van der Waals surface area contributed by atoms with Gasteiger partial charge >= 0.3 is 11.9 Å². The van der Waals surface area contributed by atoms with Crippen LogP contribution >= 0.6 is 0 Å². The number of fused-ring (bicyclic) bond motifs is 7. The number of hydrogen-bond acceptors (Lipinski definition) is 7. The highest BCUT2D eigenvalue weighted by atomic mass is 16.5. The average Bonchev–Trinajstić information content (AvgIpc) is 3.02. The molecule has 4 saturated carbocycles. The zero-order chi connectivity index (χ0) is 29.2. The van der Waals surface area contributed by atoms with Gasteiger partial charge in [-0.3, -0.25) is 4.79 Å². The van der Waals surface area contributed by atoms with E-state index in [2.05, 4.69) is 26.8 Å². The first-order valence-electron chi connectivity index (χ1n) is 14.9. The van der Waals surface area contributed by atoms with Crippen LogP contribution in [0.15, 0.2) is 11.6 Å². The molecule has 0 heterocycles. The summed E-state index contributed by atoms with van der Waals surface area (Å²) in [5.41, 5.74) is -4.31. The number of allylic oxidation sites excluding steroid dienone is 1. The second-order valence-corrected chi connectivity index (χ2v) is 15.4. The standard InChI is InChI=1S/C32H50O7/c1-18-16-22(33)31(24(34)38-8)15-14-28(5)19(23(31)30(18,7)36)10-11-21-27(4)17-32(37,25(35)39-9)26(2,3)20(27)12-13-29(21,28)6/h10,18,20-23,33,36-37H,11-17H2,1-9H3. The molecular formula is C32H50O7. The van der Waals surface area contributed by atoms with Gasteiger partial charge in [-0.25, -0.2) is 4.79 Å². The zero-order valence-corrected chi connectivity index (χ0v) is 25.4. The van der Waals surface area contributed by atoms with E-state index in [4.69, 9.17) is 9.47 Å². The Morgan fingerprint density at radius 1 is 0.923 bits per heavy atom. The smallest absolute Gasteiger partial charge is 0.338 e. The molecule has 0 radical (unpaired) electrons. The minimum Gasteiger partial charge on any atom is -0.468 e. The highest BCUT2D eigenvalue weighted by molar-refractivity contribution is 5.81. The van der Waals surface area contributed by atoms with E-state index in [-0.39, 0.29) is 34.0 Å². The number of methoxy groups -OCH3 is 2. The molecule has 5 aliphatic rings. The predicted octanol–water partition coefficient (Wildman–Crippen LogP) is 4.42. The summed E-state index contributed by atoms with van der Waals surface area (Å²) in [5, 5.41) is 35.4. The quantitative estimate of drug-likeness (QED) is 0.347. The Morgan fingerprint density at radius 2 is 1.54 bits per heavy atom. The summed E-state index contributed by atoms with van der Waals surface area (Å²) in [6, 6.07) is 0. The Bertz CT molecular complexity index is 1110. The lowest BCUT2D eigenvalue weighted by Crippen LogP contribution is -2.69. The fourth-order valence-corrected chi connectivity index (χ4v) is 11.5. The van der Waals surface area contributed by atoms with Crippen LogP contribution < -0.4 is 0 Å². The molecular weight excluding hydrogens is 496 g/mol. The van der Waals surface area contributed by atoms with Gasteiger partial charge in [-0.15, -0.1) is 0 Å². The van der Waals surface area contributed by atoms with Crippen molar-refractivity contribution in [1.82, 2.24) is 0 Å². The number of ether oxygens (including phenoxy) is 2. The largest absolute Gasteiger partial charge is 0.468 e. The number of esters is 2. The van der Waals surface area contributed by atoms with E-state index in [1.54, 1.807) is 0 Å². The first-order valence-corrected chi connectivity index (χ1v) is 14.9. The zero-order valence-electron chi connectivity index (χ0n) is 25.4. The summed E-state index contributed by atoms with van der Waals surface area (Å²) in [7, 11) is 2.73. The maximum atomic E-state index is 13.5. The third-order valence-electron chi connectivity index (χ3n) is 14.1. The molecule has 3 N–H and O–H groups in total. The molecule has 7 heteroatoms. The number of aliphatic hydroxyl groups is 3. The van der Waals surface area contributed by atoms with Crippen molar-refractivity contribution < 1.29 is 34.4 Å². The van der Waals surface area contributed by atoms with Gasteiger partial charge in [0.1, 0.15) is 5.41 Å². The summed E-state index contributed by atoms with van der Waals surface area (Å²) in [5.74, 6) is -1.39. The number of hydrogen-bond donors (Lipinski definition) is 3. The number of rotatable bonds is 2. The van der Waals surface area contributed by atoms with E-state index < -0.39 is 46.0 Å². The maximum Gasteiger partial charge on any atom is 0.338 e. The summed E-state index contributed by atoms with van der Waals surface area (Å²) in [4.78, 5) is 26.5. The van der Waals surface area contributed by atoms with Crippen LogP contribution in [-0.4, -0.2) is 58.8 Å². The van der Waals surface area contributed by atoms with Gasteiger partial charge in [0.25, 0.3) is 0 Å². The molecule has 220 valence electrons. The van der Waals surface area contributed by atoms with Gasteiger partial charge in [0, 0.05) is 11.3 Å². The normalized spacial score (nSPS) is 53.8. The van der Waals surface area contributed by atoms with Crippen molar-refractivity contribution in [2.75, 3.05) is 14.2 Å². The van der Waals surface area contributed by atoms with Gasteiger partial charge in [0.2, 0.25) is 0 Å². The van der Waals surface area contributed by atoms with E-state index in [1.165, 1.54) is 14.2 Å². The van der Waals surface area contributed by atoms with Gasteiger partial charge < -0.3 is 24.8 Å². The van der Waals surface area contributed by atoms with Crippen LogP contribution in [0.25, 0.3) is 0 Å². The third kappa shape index (κ3) is 3.11. The van der Waals surface area contributed by atoms with E-state index in [1.807, 2.05) is 27.7 Å². The maximum absolute atomic E-state index is 13.5. The number of carbonyl (C=O) groups excluding carboxylic acids is 2. The Hall–Kier alpha value is -1.44. The molecule has 5 rings (SSSR count). The molecule has 4 fully saturated rings. The molecule has 39 heavy (non-hydrogen) atoms. The summed E-state index contributed by atoms with van der Waals surface area (Å²) < 4.78 is 10.5. The molecule has 0 aromatic carbocycles. The van der Waals surface area contributed by atoms with Crippen LogP contribution in [0.3, 0.4) is 0 Å². The lowest BCUT2D eigenvalue weighted by atomic mass is 9.34. The van der Waals surface area contributed by atoms with Gasteiger partial charge in [0.05, 0.1) is 25.9 Å². The average molecular weight is 547 g/mol. The molecule has 7 nitrogen and oxygen atoms in total. The third-order valence-corrected chi connectivity index (χ3v) is 14.1. The Balaban J connectivity index is 1.67. The highest BCUT2D eigenvalue weighted by Gasteiger charge is 2.76. The minimum absolute atomic E-state index is 0.142. The lowest BCUT2D eigenvalue weighted by molar-refractivity contribution is -0.225. The van der Waals surface area contributed by atoms with E-state index in [0.717, 1.165) is 24.8 Å². The molecule has 0 bridgehead atoms.